The molecule has 3 rings (SSSR count). The summed E-state index contributed by atoms with van der Waals surface area (Å²) in [6.45, 7) is 1.44. The number of benzene rings is 2. The quantitative estimate of drug-likeness (QED) is 0.238. The van der Waals surface area contributed by atoms with Crippen LogP contribution in [0, 0.1) is 10.1 Å². The molecule has 0 radical (unpaired) electrons. The van der Waals surface area contributed by atoms with Gasteiger partial charge in [0.25, 0.3) is 5.69 Å². The second kappa shape index (κ2) is 6.67. The molecule has 0 fully saturated rings. The number of H-pyrrole nitrogens is 1. The largest absolute Gasteiger partial charge is 0.451 e. The molecule has 0 aliphatic heterocycles. The van der Waals surface area contributed by atoms with Crippen LogP contribution in [-0.4, -0.2) is 27.8 Å². The molecule has 1 unspecified atom stereocenters. The average molecular weight is 353 g/mol. The standard InChI is InChI=1S/C18H15N3O5/c1-10(17(22)14-9-20-16-5-3-2-4-12(14)16)26-18(23)13-8-11(21(24)25)6-7-15(13)19/h2-10,20H,19H2,1H3. The number of non-ortho nitro benzene ring substituents is 1. The molecule has 0 amide bonds. The molecule has 0 bridgehead atoms. The van der Waals surface area contributed by atoms with Crippen molar-refractivity contribution >= 4 is 34.0 Å². The molecule has 3 N–H and O–H groups in total. The van der Waals surface area contributed by atoms with Gasteiger partial charge in [-0.1, -0.05) is 18.2 Å². The summed E-state index contributed by atoms with van der Waals surface area (Å²) in [4.78, 5) is 38.1. The van der Waals surface area contributed by atoms with E-state index in [2.05, 4.69) is 4.98 Å². The smallest absolute Gasteiger partial charge is 0.341 e. The summed E-state index contributed by atoms with van der Waals surface area (Å²) in [6, 6.07) is 10.7. The molecule has 0 saturated heterocycles. The van der Waals surface area contributed by atoms with E-state index in [9.17, 15) is 19.7 Å². The Kier molecular flexibility index (Phi) is 4.40. The lowest BCUT2D eigenvalue weighted by Gasteiger charge is -2.13. The number of hydrogen-bond acceptors (Lipinski definition) is 6. The van der Waals surface area contributed by atoms with Gasteiger partial charge in [-0.3, -0.25) is 14.9 Å². The van der Waals surface area contributed by atoms with Gasteiger partial charge in [0.1, 0.15) is 0 Å². The molecule has 1 atom stereocenters. The third-order valence-corrected chi connectivity index (χ3v) is 3.98. The van der Waals surface area contributed by atoms with Crippen LogP contribution in [0.5, 0.6) is 0 Å². The van der Waals surface area contributed by atoms with Gasteiger partial charge in [-0.2, -0.15) is 0 Å². The molecule has 0 saturated carbocycles. The number of nitrogens with one attached hydrogen (secondary N) is 1. The number of esters is 1. The number of aromatic nitrogens is 1. The molecule has 26 heavy (non-hydrogen) atoms. The SMILES string of the molecule is CC(OC(=O)c1cc([N+](=O)[O-])ccc1N)C(=O)c1c[nH]c2ccccc12. The molecular formula is C18H15N3O5. The number of ether oxygens (including phenoxy) is 1. The van der Waals surface area contributed by atoms with E-state index in [1.165, 1.54) is 19.1 Å². The Hall–Kier alpha value is -3.68. The molecule has 3 aromatic rings. The predicted molar refractivity (Wildman–Crippen MR) is 95.0 cm³/mol. The number of Topliss-reactive ketones (excluding diaryl/α,β-unsaturated/α-hetero) is 1. The normalized spacial score (nSPS) is 11.9. The van der Waals surface area contributed by atoms with Crippen LogP contribution in [-0.2, 0) is 4.74 Å². The first-order valence-corrected chi connectivity index (χ1v) is 7.73. The molecule has 0 spiro atoms. The number of rotatable bonds is 5. The average Bonchev–Trinajstić information content (AvgIpc) is 3.05. The third-order valence-electron chi connectivity index (χ3n) is 3.98. The fourth-order valence-electron chi connectivity index (χ4n) is 2.61. The highest BCUT2D eigenvalue weighted by Crippen LogP contribution is 2.23. The van der Waals surface area contributed by atoms with Gasteiger partial charge < -0.3 is 15.5 Å². The van der Waals surface area contributed by atoms with Crippen molar-refractivity contribution in [2.24, 2.45) is 0 Å². The van der Waals surface area contributed by atoms with Crippen molar-refractivity contribution in [1.29, 1.82) is 0 Å². The number of nitro groups is 1. The van der Waals surface area contributed by atoms with E-state index in [1.54, 1.807) is 18.3 Å². The van der Waals surface area contributed by atoms with E-state index in [-0.39, 0.29) is 22.7 Å². The number of carbonyl (C=O) groups excluding carboxylic acids is 2. The lowest BCUT2D eigenvalue weighted by molar-refractivity contribution is -0.384. The molecule has 0 aliphatic carbocycles. The van der Waals surface area contributed by atoms with Crippen molar-refractivity contribution in [2.75, 3.05) is 5.73 Å². The number of nitrogen functional groups attached to an aromatic ring is 1. The molecular weight excluding hydrogens is 338 g/mol. The zero-order chi connectivity index (χ0) is 18.8. The number of aromatic amines is 1. The Balaban J connectivity index is 1.82. The lowest BCUT2D eigenvalue weighted by Crippen LogP contribution is -2.24. The third kappa shape index (κ3) is 3.12. The van der Waals surface area contributed by atoms with Crippen LogP contribution in [0.3, 0.4) is 0 Å². The van der Waals surface area contributed by atoms with E-state index >= 15 is 0 Å². The van der Waals surface area contributed by atoms with E-state index in [0.717, 1.165) is 17.0 Å². The fourth-order valence-corrected chi connectivity index (χ4v) is 2.61. The Morgan fingerprint density at radius 2 is 1.92 bits per heavy atom. The number of hydrogen-bond donors (Lipinski definition) is 2. The minimum Gasteiger partial charge on any atom is -0.451 e. The Bertz CT molecular complexity index is 1020. The van der Waals surface area contributed by atoms with Crippen LogP contribution < -0.4 is 5.73 Å². The summed E-state index contributed by atoms with van der Waals surface area (Å²) in [5, 5.41) is 11.6. The second-order valence-corrected chi connectivity index (χ2v) is 5.69. The summed E-state index contributed by atoms with van der Waals surface area (Å²) in [7, 11) is 0. The van der Waals surface area contributed by atoms with Crippen LogP contribution in [0.15, 0.2) is 48.7 Å². The monoisotopic (exact) mass is 353 g/mol. The predicted octanol–water partition coefficient (Wildman–Crippen LogP) is 3.09. The van der Waals surface area contributed by atoms with E-state index < -0.39 is 17.0 Å². The van der Waals surface area contributed by atoms with E-state index in [1.807, 2.05) is 12.1 Å². The van der Waals surface area contributed by atoms with Gasteiger partial charge in [-0.15, -0.1) is 0 Å². The maximum atomic E-state index is 12.6. The number of carbonyl (C=O) groups is 2. The Morgan fingerprint density at radius 1 is 1.19 bits per heavy atom. The maximum Gasteiger partial charge on any atom is 0.341 e. The summed E-state index contributed by atoms with van der Waals surface area (Å²) in [6.07, 6.45) is 0.472. The fraction of sp³-hybridized carbons (Fsp3) is 0.111. The molecule has 1 heterocycles. The van der Waals surface area contributed by atoms with Crippen LogP contribution in [0.1, 0.15) is 27.6 Å². The highest BCUT2D eigenvalue weighted by atomic mass is 16.6. The zero-order valence-electron chi connectivity index (χ0n) is 13.8. The summed E-state index contributed by atoms with van der Waals surface area (Å²) < 4.78 is 5.18. The number of ketones is 1. The molecule has 1 aromatic heterocycles. The first-order valence-electron chi connectivity index (χ1n) is 7.73. The number of fused-ring (bicyclic) bond motifs is 1. The Morgan fingerprint density at radius 3 is 2.65 bits per heavy atom. The van der Waals surface area contributed by atoms with Gasteiger partial charge in [0, 0.05) is 40.5 Å². The highest BCUT2D eigenvalue weighted by molar-refractivity contribution is 6.10. The summed E-state index contributed by atoms with van der Waals surface area (Å²) in [5.74, 6) is -1.29. The van der Waals surface area contributed by atoms with Crippen molar-refractivity contribution in [1.82, 2.24) is 4.98 Å². The van der Waals surface area contributed by atoms with Crippen LogP contribution in [0.4, 0.5) is 11.4 Å². The number of nitrogens with two attached hydrogens (primary N) is 1. The first-order chi connectivity index (χ1) is 12.4. The van der Waals surface area contributed by atoms with E-state index in [0.29, 0.717) is 5.56 Å². The number of anilines is 1. The van der Waals surface area contributed by atoms with Gasteiger partial charge in [0.05, 0.1) is 10.5 Å². The van der Waals surface area contributed by atoms with Crippen molar-refractivity contribution in [3.8, 4) is 0 Å². The van der Waals surface area contributed by atoms with Crippen LogP contribution >= 0.6 is 0 Å². The van der Waals surface area contributed by atoms with Crippen molar-refractivity contribution < 1.29 is 19.2 Å². The topological polar surface area (TPSA) is 128 Å². The minimum atomic E-state index is -1.08. The number of nitrogens with zero attached hydrogens (tertiary/aromatic N) is 1. The molecule has 8 nitrogen and oxygen atoms in total. The van der Waals surface area contributed by atoms with E-state index in [4.69, 9.17) is 10.5 Å². The number of para-hydroxylation sites is 1. The van der Waals surface area contributed by atoms with Crippen molar-refractivity contribution in [3.63, 3.8) is 0 Å². The van der Waals surface area contributed by atoms with Gasteiger partial charge in [-0.05, 0) is 19.1 Å². The van der Waals surface area contributed by atoms with Crippen LogP contribution in [0.2, 0.25) is 0 Å². The molecule has 132 valence electrons. The lowest BCUT2D eigenvalue weighted by atomic mass is 10.1. The maximum absolute atomic E-state index is 12.6. The van der Waals surface area contributed by atoms with Gasteiger partial charge in [-0.25, -0.2) is 4.79 Å². The molecule has 2 aromatic carbocycles. The minimum absolute atomic E-state index is 0.0346. The Labute approximate surface area is 147 Å². The first kappa shape index (κ1) is 17.2. The molecule has 0 aliphatic rings. The zero-order valence-corrected chi connectivity index (χ0v) is 13.8. The molecule has 8 heteroatoms. The highest BCUT2D eigenvalue weighted by Gasteiger charge is 2.24. The van der Waals surface area contributed by atoms with Crippen LogP contribution in [0.25, 0.3) is 10.9 Å². The number of nitro benzene ring substituents is 1. The van der Waals surface area contributed by atoms with Gasteiger partial charge in [0.2, 0.25) is 5.78 Å². The van der Waals surface area contributed by atoms with Crippen molar-refractivity contribution in [3.05, 3.63) is 69.9 Å². The second-order valence-electron chi connectivity index (χ2n) is 5.69. The van der Waals surface area contributed by atoms with Crippen molar-refractivity contribution in [2.45, 2.75) is 13.0 Å². The van der Waals surface area contributed by atoms with Gasteiger partial charge in [0.15, 0.2) is 6.10 Å². The summed E-state index contributed by atoms with van der Waals surface area (Å²) >= 11 is 0. The van der Waals surface area contributed by atoms with Gasteiger partial charge >= 0.3 is 5.97 Å². The summed E-state index contributed by atoms with van der Waals surface area (Å²) in [5.41, 5.74) is 6.47.